The summed E-state index contributed by atoms with van der Waals surface area (Å²) in [6, 6.07) is 9.29. The number of nitro benzene ring substituents is 1. The monoisotopic (exact) mass is 450 g/mol. The lowest BCUT2D eigenvalue weighted by Gasteiger charge is -2.33. The number of carbonyl (C=O) groups is 1. The molecule has 1 aliphatic rings. The van der Waals surface area contributed by atoms with E-state index in [0.29, 0.717) is 25.6 Å². The maximum atomic E-state index is 12.3. The molecule has 0 saturated carbocycles. The van der Waals surface area contributed by atoms with Crippen LogP contribution in [0.15, 0.2) is 42.7 Å². The molecule has 0 N–H and O–H groups in total. The number of aryl methyl sites for hydroxylation is 1. The van der Waals surface area contributed by atoms with Crippen molar-refractivity contribution in [3.05, 3.63) is 69.7 Å². The molecule has 3 aromatic rings. The van der Waals surface area contributed by atoms with Gasteiger partial charge in [-0.15, -0.1) is 0 Å². The molecule has 174 valence electrons. The molecule has 0 spiro atoms. The summed E-state index contributed by atoms with van der Waals surface area (Å²) >= 11 is 0. The minimum atomic E-state index is -0.480. The number of piperidine rings is 1. The second-order valence-corrected chi connectivity index (χ2v) is 9.73. The molecular formula is C25H30N4O4. The van der Waals surface area contributed by atoms with Crippen LogP contribution in [0.25, 0.3) is 10.9 Å². The first-order chi connectivity index (χ1) is 15.6. The van der Waals surface area contributed by atoms with Crippen LogP contribution >= 0.6 is 0 Å². The number of amides is 1. The van der Waals surface area contributed by atoms with Gasteiger partial charge in [-0.1, -0.05) is 6.07 Å². The summed E-state index contributed by atoms with van der Waals surface area (Å²) in [6.45, 7) is 9.50. The molecule has 1 fully saturated rings. The molecule has 1 amide bonds. The first-order valence-electron chi connectivity index (χ1n) is 11.3. The van der Waals surface area contributed by atoms with E-state index >= 15 is 0 Å². The Morgan fingerprint density at radius 3 is 2.55 bits per heavy atom. The predicted molar refractivity (Wildman–Crippen MR) is 126 cm³/mol. The van der Waals surface area contributed by atoms with Crippen LogP contribution in [0.1, 0.15) is 56.4 Å². The highest BCUT2D eigenvalue weighted by molar-refractivity contribution is 5.85. The molecule has 8 nitrogen and oxygen atoms in total. The zero-order valence-electron chi connectivity index (χ0n) is 19.6. The molecule has 0 aliphatic carbocycles. The highest BCUT2D eigenvalue weighted by atomic mass is 16.6. The van der Waals surface area contributed by atoms with Crippen molar-refractivity contribution >= 4 is 22.7 Å². The van der Waals surface area contributed by atoms with Crippen LogP contribution in [-0.4, -0.2) is 44.2 Å². The molecule has 0 radical (unpaired) electrons. The molecule has 1 saturated heterocycles. The Labute approximate surface area is 193 Å². The third-order valence-corrected chi connectivity index (χ3v) is 6.04. The predicted octanol–water partition coefficient (Wildman–Crippen LogP) is 5.42. The van der Waals surface area contributed by atoms with E-state index in [-0.39, 0.29) is 16.7 Å². The fourth-order valence-electron chi connectivity index (χ4n) is 4.46. The fourth-order valence-corrected chi connectivity index (χ4v) is 4.46. The van der Waals surface area contributed by atoms with Gasteiger partial charge in [-0.05, 0) is 69.7 Å². The van der Waals surface area contributed by atoms with Gasteiger partial charge in [0.1, 0.15) is 5.60 Å². The molecule has 4 rings (SSSR count). The molecule has 0 atom stereocenters. The minimum Gasteiger partial charge on any atom is -0.444 e. The molecule has 8 heteroatoms. The Balaban J connectivity index is 1.41. The van der Waals surface area contributed by atoms with Crippen molar-refractivity contribution < 1.29 is 14.5 Å². The summed E-state index contributed by atoms with van der Waals surface area (Å²) < 4.78 is 7.56. The van der Waals surface area contributed by atoms with Crippen molar-refractivity contribution in [2.24, 2.45) is 0 Å². The topological polar surface area (TPSA) is 90.5 Å². The first-order valence-corrected chi connectivity index (χ1v) is 11.3. The number of fused-ring (bicyclic) bond motifs is 1. The van der Waals surface area contributed by atoms with Gasteiger partial charge < -0.3 is 14.2 Å². The largest absolute Gasteiger partial charge is 0.444 e. The Kier molecular flexibility index (Phi) is 6.10. The van der Waals surface area contributed by atoms with E-state index < -0.39 is 5.60 Å². The standard InChI is InChI=1S/C25H30N4O4/c1-17-13-22(29(31)32)14-19-9-12-28(23(17)19)16-21-6-5-20(15-26-21)18-7-10-27(11-8-18)24(30)33-25(2,3)4/h5-6,9,12-15,18H,7-8,10-11,16H2,1-4H3. The number of hydrogen-bond acceptors (Lipinski definition) is 5. The van der Waals surface area contributed by atoms with Gasteiger partial charge in [0.15, 0.2) is 0 Å². The van der Waals surface area contributed by atoms with E-state index in [2.05, 4.69) is 15.6 Å². The fraction of sp³-hybridized carbons (Fsp3) is 0.440. The SMILES string of the molecule is Cc1cc([N+](=O)[O-])cc2ccn(Cc3ccc(C4CCN(C(=O)OC(C)(C)C)CC4)cn3)c12. The number of aromatic nitrogens is 2. The summed E-state index contributed by atoms with van der Waals surface area (Å²) in [6.07, 6.45) is 5.42. The van der Waals surface area contributed by atoms with E-state index in [9.17, 15) is 14.9 Å². The van der Waals surface area contributed by atoms with Gasteiger partial charge in [0.2, 0.25) is 0 Å². The van der Waals surface area contributed by atoms with Crippen molar-refractivity contribution in [3.8, 4) is 0 Å². The third-order valence-electron chi connectivity index (χ3n) is 6.04. The Bertz CT molecular complexity index is 1170. The van der Waals surface area contributed by atoms with Gasteiger partial charge >= 0.3 is 6.09 Å². The van der Waals surface area contributed by atoms with Crippen molar-refractivity contribution in [1.82, 2.24) is 14.5 Å². The number of non-ortho nitro benzene ring substituents is 1. The quantitative estimate of drug-likeness (QED) is 0.391. The van der Waals surface area contributed by atoms with Gasteiger partial charge in [0, 0.05) is 43.0 Å². The second kappa shape index (κ2) is 8.84. The van der Waals surface area contributed by atoms with Crippen LogP contribution in [0.3, 0.4) is 0 Å². The lowest BCUT2D eigenvalue weighted by Crippen LogP contribution is -2.41. The minimum absolute atomic E-state index is 0.109. The number of benzene rings is 1. The molecular weight excluding hydrogens is 420 g/mol. The van der Waals surface area contributed by atoms with E-state index in [1.54, 1.807) is 17.0 Å². The van der Waals surface area contributed by atoms with E-state index in [1.165, 1.54) is 5.56 Å². The van der Waals surface area contributed by atoms with Crippen LogP contribution in [0.2, 0.25) is 0 Å². The normalized spacial score (nSPS) is 15.1. The van der Waals surface area contributed by atoms with Gasteiger partial charge in [-0.25, -0.2) is 4.79 Å². The maximum Gasteiger partial charge on any atom is 0.410 e. The van der Waals surface area contributed by atoms with Crippen LogP contribution in [0.5, 0.6) is 0 Å². The maximum absolute atomic E-state index is 12.3. The van der Waals surface area contributed by atoms with Gasteiger partial charge in [-0.2, -0.15) is 0 Å². The van der Waals surface area contributed by atoms with Crippen molar-refractivity contribution in [2.45, 2.75) is 58.6 Å². The number of ether oxygens (including phenoxy) is 1. The molecule has 33 heavy (non-hydrogen) atoms. The smallest absolute Gasteiger partial charge is 0.410 e. The lowest BCUT2D eigenvalue weighted by atomic mass is 9.90. The van der Waals surface area contributed by atoms with Gasteiger partial charge in [0.25, 0.3) is 5.69 Å². The molecule has 2 aromatic heterocycles. The molecule has 0 unspecified atom stereocenters. The van der Waals surface area contributed by atoms with E-state index in [1.807, 2.05) is 52.2 Å². The summed E-state index contributed by atoms with van der Waals surface area (Å²) in [7, 11) is 0. The number of rotatable bonds is 4. The van der Waals surface area contributed by atoms with E-state index in [4.69, 9.17) is 4.74 Å². The molecule has 3 heterocycles. The average Bonchev–Trinajstić information content (AvgIpc) is 3.16. The number of likely N-dealkylation sites (tertiary alicyclic amines) is 1. The Morgan fingerprint density at radius 2 is 1.94 bits per heavy atom. The highest BCUT2D eigenvalue weighted by Gasteiger charge is 2.27. The Morgan fingerprint density at radius 1 is 1.21 bits per heavy atom. The van der Waals surface area contributed by atoms with Crippen molar-refractivity contribution in [2.75, 3.05) is 13.1 Å². The van der Waals surface area contributed by atoms with Crippen LogP contribution in [0.4, 0.5) is 10.5 Å². The number of pyridine rings is 1. The highest BCUT2D eigenvalue weighted by Crippen LogP contribution is 2.29. The Hall–Kier alpha value is -3.42. The first kappa shape index (κ1) is 22.8. The summed E-state index contributed by atoms with van der Waals surface area (Å²) in [5, 5.41) is 12.0. The van der Waals surface area contributed by atoms with Crippen molar-refractivity contribution in [3.63, 3.8) is 0 Å². The summed E-state index contributed by atoms with van der Waals surface area (Å²) in [5.41, 5.74) is 3.61. The third kappa shape index (κ3) is 5.16. The lowest BCUT2D eigenvalue weighted by molar-refractivity contribution is -0.384. The van der Waals surface area contributed by atoms with E-state index in [0.717, 1.165) is 35.0 Å². The number of nitro groups is 1. The van der Waals surface area contributed by atoms with Crippen LogP contribution in [-0.2, 0) is 11.3 Å². The zero-order valence-corrected chi connectivity index (χ0v) is 19.6. The number of carbonyl (C=O) groups excluding carboxylic acids is 1. The number of hydrogen-bond donors (Lipinski definition) is 0. The van der Waals surface area contributed by atoms with Gasteiger partial charge in [0.05, 0.1) is 22.7 Å². The molecule has 0 bridgehead atoms. The average molecular weight is 451 g/mol. The number of nitrogens with zero attached hydrogens (tertiary/aromatic N) is 4. The molecule has 1 aromatic carbocycles. The summed E-state index contributed by atoms with van der Waals surface area (Å²) in [5.74, 6) is 0.375. The second-order valence-electron chi connectivity index (χ2n) is 9.73. The summed E-state index contributed by atoms with van der Waals surface area (Å²) in [4.78, 5) is 29.5. The van der Waals surface area contributed by atoms with Crippen LogP contribution < -0.4 is 0 Å². The van der Waals surface area contributed by atoms with Crippen LogP contribution in [0, 0.1) is 17.0 Å². The zero-order chi connectivity index (χ0) is 23.8. The molecule has 1 aliphatic heterocycles. The van der Waals surface area contributed by atoms with Gasteiger partial charge in [-0.3, -0.25) is 15.1 Å². The van der Waals surface area contributed by atoms with Crippen molar-refractivity contribution in [1.29, 1.82) is 0 Å².